The zero-order valence-electron chi connectivity index (χ0n) is 23.9. The standard InChI is InChI=1S/2C13H12F6N2O3/c2*14-12(15,16)8-6-7(3-4-9(8)21(23)24)20-5-1-2-10(20)11(22)13(17,18)19/h2*3-4,6,10-11,22H,1-2,5H2/t10-,11+;10-,11-/m11/s1. The van der Waals surface area contributed by atoms with Crippen LogP contribution in [0.3, 0.4) is 0 Å². The van der Waals surface area contributed by atoms with E-state index in [0.717, 1.165) is 21.9 Å². The number of halogens is 12. The average Bonchev–Trinajstić information content (AvgIpc) is 3.64. The zero-order valence-corrected chi connectivity index (χ0v) is 23.9. The second-order valence-electron chi connectivity index (χ2n) is 10.7. The molecule has 4 atom stereocenters. The molecular formula is C26H24F12N4O6. The van der Waals surface area contributed by atoms with Crippen LogP contribution in [0, 0.1) is 20.2 Å². The summed E-state index contributed by atoms with van der Waals surface area (Å²) in [6.45, 7) is 0.0137. The minimum absolute atomic E-state index is 0.00686. The van der Waals surface area contributed by atoms with Gasteiger partial charge in [-0.2, -0.15) is 52.7 Å². The maximum absolute atomic E-state index is 13.0. The molecule has 0 radical (unpaired) electrons. The molecule has 0 aromatic heterocycles. The van der Waals surface area contributed by atoms with Crippen molar-refractivity contribution in [3.63, 3.8) is 0 Å². The van der Waals surface area contributed by atoms with Crippen LogP contribution in [0.2, 0.25) is 0 Å². The summed E-state index contributed by atoms with van der Waals surface area (Å²) in [7, 11) is 0. The highest BCUT2D eigenvalue weighted by Gasteiger charge is 2.49. The number of anilines is 2. The quantitative estimate of drug-likeness (QED) is 0.185. The number of aliphatic hydroxyl groups excluding tert-OH is 2. The second kappa shape index (κ2) is 13.8. The Labute approximate surface area is 261 Å². The Hall–Kier alpha value is -4.08. The normalized spacial score (nSPS) is 20.3. The summed E-state index contributed by atoms with van der Waals surface area (Å²) >= 11 is 0. The fraction of sp³-hybridized carbons (Fsp3) is 0.538. The van der Waals surface area contributed by atoms with Gasteiger partial charge in [-0.1, -0.05) is 0 Å². The first-order valence-corrected chi connectivity index (χ1v) is 13.6. The second-order valence-corrected chi connectivity index (χ2v) is 10.7. The van der Waals surface area contributed by atoms with Gasteiger partial charge in [0.2, 0.25) is 0 Å². The van der Waals surface area contributed by atoms with E-state index in [2.05, 4.69) is 0 Å². The number of nitrogens with zero attached hydrogens (tertiary/aromatic N) is 4. The third-order valence-corrected chi connectivity index (χ3v) is 7.63. The number of nitro groups is 2. The lowest BCUT2D eigenvalue weighted by Gasteiger charge is -2.31. The Kier molecular flexibility index (Phi) is 11.0. The number of hydrogen-bond donors (Lipinski definition) is 2. The van der Waals surface area contributed by atoms with Crippen LogP contribution in [-0.4, -0.2) is 69.8 Å². The first-order chi connectivity index (χ1) is 21.9. The summed E-state index contributed by atoms with van der Waals surface area (Å²) in [6, 6.07) is 1.13. The lowest BCUT2D eigenvalue weighted by molar-refractivity contribution is -0.388. The topological polar surface area (TPSA) is 133 Å². The van der Waals surface area contributed by atoms with Crippen LogP contribution in [-0.2, 0) is 12.4 Å². The van der Waals surface area contributed by atoms with Gasteiger partial charge < -0.3 is 20.0 Å². The molecule has 0 bridgehead atoms. The van der Waals surface area contributed by atoms with Crippen LogP contribution in [0.25, 0.3) is 0 Å². The van der Waals surface area contributed by atoms with Crippen LogP contribution < -0.4 is 9.80 Å². The van der Waals surface area contributed by atoms with Crippen LogP contribution in [0.5, 0.6) is 0 Å². The molecule has 2 aromatic rings. The molecule has 2 saturated heterocycles. The van der Waals surface area contributed by atoms with Crippen LogP contribution >= 0.6 is 0 Å². The Balaban J connectivity index is 0.000000260. The van der Waals surface area contributed by atoms with Crippen molar-refractivity contribution >= 4 is 22.7 Å². The highest BCUT2D eigenvalue weighted by atomic mass is 19.4. The van der Waals surface area contributed by atoms with Crippen molar-refractivity contribution < 1.29 is 72.7 Å². The Morgan fingerprint density at radius 2 is 0.938 bits per heavy atom. The lowest BCUT2D eigenvalue weighted by Crippen LogP contribution is -2.47. The van der Waals surface area contributed by atoms with Crippen molar-refractivity contribution in [2.45, 2.75) is 74.7 Å². The molecule has 2 heterocycles. The van der Waals surface area contributed by atoms with E-state index in [1.54, 1.807) is 0 Å². The van der Waals surface area contributed by atoms with E-state index in [9.17, 15) is 83.1 Å². The van der Waals surface area contributed by atoms with E-state index >= 15 is 0 Å². The largest absolute Gasteiger partial charge is 0.423 e. The van der Waals surface area contributed by atoms with Crippen molar-refractivity contribution in [1.29, 1.82) is 0 Å². The van der Waals surface area contributed by atoms with Crippen molar-refractivity contribution in [2.24, 2.45) is 0 Å². The molecule has 2 aromatic carbocycles. The summed E-state index contributed by atoms with van der Waals surface area (Å²) in [6.07, 6.45) is -25.0. The number of benzene rings is 2. The van der Waals surface area contributed by atoms with Gasteiger partial charge in [0.05, 0.1) is 21.9 Å². The zero-order chi connectivity index (χ0) is 36.6. The number of alkyl halides is 12. The number of nitro benzene ring substituents is 2. The summed E-state index contributed by atoms with van der Waals surface area (Å²) in [5, 5.41) is 40.2. The van der Waals surface area contributed by atoms with Gasteiger partial charge in [0, 0.05) is 36.6 Å². The maximum Gasteiger partial charge on any atom is 0.423 e. The van der Waals surface area contributed by atoms with Gasteiger partial charge in [0.1, 0.15) is 11.1 Å². The Bertz CT molecular complexity index is 1370. The molecule has 268 valence electrons. The molecule has 2 fully saturated rings. The number of rotatable bonds is 6. The molecule has 0 spiro atoms. The van der Waals surface area contributed by atoms with Gasteiger partial charge in [0.25, 0.3) is 11.4 Å². The van der Waals surface area contributed by atoms with Gasteiger partial charge in [-0.15, -0.1) is 0 Å². The summed E-state index contributed by atoms with van der Waals surface area (Å²) < 4.78 is 154. The molecule has 0 aliphatic carbocycles. The van der Waals surface area contributed by atoms with E-state index in [1.807, 2.05) is 0 Å². The van der Waals surface area contributed by atoms with E-state index < -0.39 is 81.3 Å². The third-order valence-electron chi connectivity index (χ3n) is 7.63. The van der Waals surface area contributed by atoms with Crippen molar-refractivity contribution in [1.82, 2.24) is 0 Å². The molecular weight excluding hydrogens is 692 g/mol. The fourth-order valence-electron chi connectivity index (χ4n) is 5.50. The van der Waals surface area contributed by atoms with Crippen LogP contribution in [0.4, 0.5) is 75.4 Å². The van der Waals surface area contributed by atoms with Gasteiger partial charge in [-0.05, 0) is 49.9 Å². The van der Waals surface area contributed by atoms with Crippen molar-refractivity contribution in [3.8, 4) is 0 Å². The predicted octanol–water partition coefficient (Wildman–Crippen LogP) is 7.01. The molecule has 10 nitrogen and oxygen atoms in total. The van der Waals surface area contributed by atoms with Gasteiger partial charge >= 0.3 is 24.7 Å². The molecule has 2 aliphatic heterocycles. The third kappa shape index (κ3) is 8.68. The molecule has 0 amide bonds. The van der Waals surface area contributed by atoms with E-state index in [-0.39, 0.29) is 50.1 Å². The molecule has 0 unspecified atom stereocenters. The smallest absolute Gasteiger partial charge is 0.382 e. The molecule has 22 heteroatoms. The van der Waals surface area contributed by atoms with E-state index in [1.165, 1.54) is 0 Å². The first kappa shape index (κ1) is 38.4. The molecule has 48 heavy (non-hydrogen) atoms. The minimum Gasteiger partial charge on any atom is -0.382 e. The average molecular weight is 716 g/mol. The van der Waals surface area contributed by atoms with E-state index in [4.69, 9.17) is 0 Å². The fourth-order valence-corrected chi connectivity index (χ4v) is 5.50. The maximum atomic E-state index is 13.0. The summed E-state index contributed by atoms with van der Waals surface area (Å²) in [4.78, 5) is 21.0. The van der Waals surface area contributed by atoms with Gasteiger partial charge in [-0.25, -0.2) is 0 Å². The predicted molar refractivity (Wildman–Crippen MR) is 141 cm³/mol. The SMILES string of the molecule is O=[N+]([O-])c1ccc(N2CCC[C@@H]2[C@@H](O)C(F)(F)F)cc1C(F)(F)F.O=[N+]([O-])c1ccc(N2CCC[C@@H]2[C@H](O)C(F)(F)F)cc1C(F)(F)F. The number of hydrogen-bond acceptors (Lipinski definition) is 8. The highest BCUT2D eigenvalue weighted by Crippen LogP contribution is 2.42. The van der Waals surface area contributed by atoms with Crippen molar-refractivity contribution in [2.75, 3.05) is 22.9 Å². The summed E-state index contributed by atoms with van der Waals surface area (Å²) in [5.74, 6) is 0. The lowest BCUT2D eigenvalue weighted by atomic mass is 10.1. The highest BCUT2D eigenvalue weighted by molar-refractivity contribution is 5.59. The molecule has 2 aliphatic rings. The molecule has 2 N–H and O–H groups in total. The monoisotopic (exact) mass is 716 g/mol. The number of aliphatic hydroxyl groups is 2. The van der Waals surface area contributed by atoms with Gasteiger partial charge in [-0.3, -0.25) is 20.2 Å². The van der Waals surface area contributed by atoms with Crippen LogP contribution in [0.15, 0.2) is 36.4 Å². The van der Waals surface area contributed by atoms with Gasteiger partial charge in [0.15, 0.2) is 12.2 Å². The first-order valence-electron chi connectivity index (χ1n) is 13.6. The van der Waals surface area contributed by atoms with Crippen LogP contribution in [0.1, 0.15) is 36.8 Å². The molecule has 0 saturated carbocycles. The Morgan fingerprint density at radius 3 is 1.19 bits per heavy atom. The summed E-state index contributed by atoms with van der Waals surface area (Å²) in [5.41, 5.74) is -5.96. The molecule has 4 rings (SSSR count). The minimum atomic E-state index is -5.03. The van der Waals surface area contributed by atoms with E-state index in [0.29, 0.717) is 24.3 Å². The Morgan fingerprint density at radius 1 is 0.625 bits per heavy atom. The van der Waals surface area contributed by atoms with Crippen molar-refractivity contribution in [3.05, 3.63) is 67.8 Å².